The maximum absolute atomic E-state index is 7.52. The minimum absolute atomic E-state index is 0.941. The van der Waals surface area contributed by atoms with Gasteiger partial charge in [-0.3, -0.25) is 0 Å². The minimum atomic E-state index is -4.63. The summed E-state index contributed by atoms with van der Waals surface area (Å²) in [5.74, 6) is 0. The molecule has 0 aliphatic carbocycles. The molecule has 0 spiro atoms. The van der Waals surface area contributed by atoms with E-state index in [-0.39, 0.29) is 0 Å². The molecule has 0 amide bonds. The molecule has 3 rings (SSSR count). The average Bonchev–Trinajstić information content (AvgIpc) is 2.58. The molecule has 3 aromatic carbocycles. The van der Waals surface area contributed by atoms with E-state index in [1.54, 1.807) is 0 Å². The standard InChI is InChI=1S/3C6H5.2ClH.H2P.Pd/c3*1-2-4-6-5-3-1;;;;/h3*1-5H;2*1H;1H2;/q;;;;;-1;+3/p-2. The van der Waals surface area contributed by atoms with Gasteiger partial charge in [-0.15, -0.1) is 0 Å². The molecular weight excluding hydrogens is 424 g/mol. The van der Waals surface area contributed by atoms with Crippen LogP contribution in [0.15, 0.2) is 91.0 Å². The van der Waals surface area contributed by atoms with Gasteiger partial charge in [-0.05, 0) is 0 Å². The molecule has 0 saturated carbocycles. The van der Waals surface area contributed by atoms with Crippen LogP contribution in [-0.2, 0) is 10.6 Å². The van der Waals surface area contributed by atoms with E-state index in [1.165, 1.54) is 0 Å². The summed E-state index contributed by atoms with van der Waals surface area (Å²) >= 11 is 0. The van der Waals surface area contributed by atoms with Crippen LogP contribution in [0, 0.1) is 0 Å². The molecule has 0 aromatic heterocycles. The molecule has 22 heavy (non-hydrogen) atoms. The summed E-state index contributed by atoms with van der Waals surface area (Å²) in [7, 11) is 13.3. The Labute approximate surface area is 139 Å². The number of hydrogen-bond acceptors (Lipinski definition) is 0. The van der Waals surface area contributed by atoms with Gasteiger partial charge in [-0.2, -0.15) is 0 Å². The van der Waals surface area contributed by atoms with Gasteiger partial charge in [0, 0.05) is 0 Å². The summed E-state index contributed by atoms with van der Waals surface area (Å²) in [6.07, 6.45) is 0. The zero-order valence-electron chi connectivity index (χ0n) is 11.8. The molecule has 0 N–H and O–H groups in total. The van der Waals surface area contributed by atoms with Crippen molar-refractivity contribution in [1.29, 1.82) is 0 Å². The topological polar surface area (TPSA) is 0 Å². The zero-order chi connectivity index (χ0) is 15.7. The Balaban J connectivity index is 2.49. The third-order valence-electron chi connectivity index (χ3n) is 3.42. The van der Waals surface area contributed by atoms with Crippen molar-refractivity contribution >= 4 is 38.6 Å². The monoisotopic (exact) mass is 440 g/mol. The molecule has 0 aliphatic heterocycles. The molecule has 4 heteroatoms. The quantitative estimate of drug-likeness (QED) is 0.420. The van der Waals surface area contributed by atoms with Gasteiger partial charge in [0.15, 0.2) is 0 Å². The Morgan fingerprint density at radius 2 is 0.727 bits per heavy atom. The predicted molar refractivity (Wildman–Crippen MR) is 99.6 cm³/mol. The second-order valence-electron chi connectivity index (χ2n) is 4.83. The summed E-state index contributed by atoms with van der Waals surface area (Å²) in [5, 5.41) is 0. The van der Waals surface area contributed by atoms with Crippen molar-refractivity contribution in [1.82, 2.24) is 0 Å². The molecule has 0 fully saturated rings. The Bertz CT molecular complexity index is 685. The number of benzene rings is 3. The van der Waals surface area contributed by atoms with E-state index in [1.807, 2.05) is 91.0 Å². The number of rotatable bonds is 3. The molecule has 0 bridgehead atoms. The first-order valence-electron chi connectivity index (χ1n) is 6.63. The summed E-state index contributed by atoms with van der Waals surface area (Å²) in [6, 6.07) is 29.9. The van der Waals surface area contributed by atoms with Gasteiger partial charge in [0.1, 0.15) is 0 Å². The molecule has 0 heterocycles. The van der Waals surface area contributed by atoms with E-state index in [0.717, 1.165) is 12.1 Å². The predicted octanol–water partition coefficient (Wildman–Crippen LogP) is 4.29. The molecular formula is C18H17Cl2PPd. The summed E-state index contributed by atoms with van der Waals surface area (Å²) < 4.78 is 2.82. The number of halogens is 2. The van der Waals surface area contributed by atoms with Crippen molar-refractivity contribution in [2.24, 2.45) is 0 Å². The SMILES string of the molecule is [PH2][Pd]([Cl])([Cl])([c]1ccccc1)([c]1ccccc1)[c]1ccccc1. The van der Waals surface area contributed by atoms with Crippen LogP contribution in [-0.4, -0.2) is 0 Å². The van der Waals surface area contributed by atoms with Crippen LogP contribution in [0.25, 0.3) is 0 Å². The molecule has 1 atom stereocenters. The Morgan fingerprint density at radius 3 is 0.955 bits per heavy atom. The molecule has 0 aliphatic rings. The van der Waals surface area contributed by atoms with Gasteiger partial charge in [0.25, 0.3) is 0 Å². The second kappa shape index (κ2) is 5.17. The van der Waals surface area contributed by atoms with E-state index >= 15 is 0 Å². The maximum atomic E-state index is 7.52. The van der Waals surface area contributed by atoms with Crippen LogP contribution in [0.2, 0.25) is 0 Å². The van der Waals surface area contributed by atoms with E-state index < -0.39 is 10.6 Å². The normalized spacial score (nSPS) is 14.9. The van der Waals surface area contributed by atoms with Crippen molar-refractivity contribution in [3.05, 3.63) is 91.0 Å². The van der Waals surface area contributed by atoms with Crippen LogP contribution in [0.3, 0.4) is 0 Å². The Kier molecular flexibility index (Phi) is 3.81. The van der Waals surface area contributed by atoms with Crippen molar-refractivity contribution in [3.8, 4) is 0 Å². The van der Waals surface area contributed by atoms with E-state index in [0.29, 0.717) is 0 Å². The van der Waals surface area contributed by atoms with E-state index in [4.69, 9.17) is 19.1 Å². The van der Waals surface area contributed by atoms with Crippen LogP contribution >= 0.6 is 26.5 Å². The van der Waals surface area contributed by atoms with Crippen LogP contribution in [0.1, 0.15) is 0 Å². The summed E-state index contributed by atoms with van der Waals surface area (Å²) in [4.78, 5) is 0. The van der Waals surface area contributed by atoms with Crippen LogP contribution < -0.4 is 12.1 Å². The first-order valence-corrected chi connectivity index (χ1v) is 16.0. The Hall–Kier alpha value is -0.668. The fourth-order valence-corrected chi connectivity index (χ4v) is 13.3. The summed E-state index contributed by atoms with van der Waals surface area (Å²) in [6.45, 7) is 0. The van der Waals surface area contributed by atoms with Crippen LogP contribution in [0.5, 0.6) is 0 Å². The van der Waals surface area contributed by atoms with Crippen molar-refractivity contribution < 1.29 is 10.6 Å². The van der Waals surface area contributed by atoms with Gasteiger partial charge >= 0.3 is 140 Å². The molecule has 3 aromatic rings. The van der Waals surface area contributed by atoms with E-state index in [9.17, 15) is 0 Å². The molecule has 118 valence electrons. The molecule has 0 radical (unpaired) electrons. The third kappa shape index (κ3) is 2.28. The van der Waals surface area contributed by atoms with Gasteiger partial charge in [0.2, 0.25) is 0 Å². The van der Waals surface area contributed by atoms with Gasteiger partial charge < -0.3 is 0 Å². The third-order valence-corrected chi connectivity index (χ3v) is 19.9. The number of hydrogen-bond donors (Lipinski definition) is 0. The van der Waals surface area contributed by atoms with Gasteiger partial charge in [0.05, 0.1) is 0 Å². The van der Waals surface area contributed by atoms with Crippen molar-refractivity contribution in [3.63, 3.8) is 0 Å². The first kappa shape index (κ1) is 16.2. The molecule has 1 unspecified atom stereocenters. The van der Waals surface area contributed by atoms with E-state index in [2.05, 4.69) is 7.43 Å². The fraction of sp³-hybridized carbons (Fsp3) is 0. The van der Waals surface area contributed by atoms with Gasteiger partial charge in [-0.25, -0.2) is 0 Å². The zero-order valence-corrected chi connectivity index (χ0v) is 16.0. The molecule has 0 saturated heterocycles. The molecule has 0 nitrogen and oxygen atoms in total. The van der Waals surface area contributed by atoms with Crippen molar-refractivity contribution in [2.45, 2.75) is 0 Å². The fourth-order valence-electron chi connectivity index (χ4n) is 2.26. The average molecular weight is 442 g/mol. The summed E-state index contributed by atoms with van der Waals surface area (Å²) in [5.41, 5.74) is 0. The van der Waals surface area contributed by atoms with Crippen LogP contribution in [0.4, 0.5) is 0 Å². The van der Waals surface area contributed by atoms with Crippen molar-refractivity contribution in [2.75, 3.05) is 0 Å². The van der Waals surface area contributed by atoms with Gasteiger partial charge in [-0.1, -0.05) is 0 Å². The Morgan fingerprint density at radius 1 is 0.500 bits per heavy atom. The first-order chi connectivity index (χ1) is 10.4. The second-order valence-corrected chi connectivity index (χ2v) is 28.9.